The van der Waals surface area contributed by atoms with Crippen molar-refractivity contribution < 1.29 is 18.8 Å². The van der Waals surface area contributed by atoms with Crippen LogP contribution in [-0.2, 0) is 4.79 Å². The van der Waals surface area contributed by atoms with Crippen LogP contribution in [0.25, 0.3) is 0 Å². The minimum absolute atomic E-state index is 0.0375. The summed E-state index contributed by atoms with van der Waals surface area (Å²) in [7, 11) is 0. The van der Waals surface area contributed by atoms with Crippen LogP contribution in [0.1, 0.15) is 18.2 Å². The number of hydrogen-bond acceptors (Lipinski definition) is 6. The first-order valence-corrected chi connectivity index (χ1v) is 6.77. The van der Waals surface area contributed by atoms with E-state index in [-0.39, 0.29) is 11.8 Å². The minimum Gasteiger partial charge on any atom is -0.486 e. The van der Waals surface area contributed by atoms with Crippen molar-refractivity contribution in [2.24, 2.45) is 0 Å². The van der Waals surface area contributed by atoms with Gasteiger partial charge in [0.25, 0.3) is 0 Å². The van der Waals surface area contributed by atoms with E-state index in [0.29, 0.717) is 43.5 Å². The zero-order valence-corrected chi connectivity index (χ0v) is 11.2. The number of carbonyl (C=O) groups excluding carboxylic acids is 1. The second-order valence-electron chi connectivity index (χ2n) is 5.02. The van der Waals surface area contributed by atoms with Crippen LogP contribution >= 0.6 is 0 Å². The van der Waals surface area contributed by atoms with Crippen molar-refractivity contribution in [1.29, 1.82) is 0 Å². The maximum atomic E-state index is 12.2. The molecule has 0 bridgehead atoms. The zero-order chi connectivity index (χ0) is 14.2. The number of fused-ring (bicyclic) bond motifs is 1. The van der Waals surface area contributed by atoms with Gasteiger partial charge in [-0.05, 0) is 12.1 Å². The Balaban J connectivity index is 1.60. The van der Waals surface area contributed by atoms with Crippen molar-refractivity contribution in [2.45, 2.75) is 12.3 Å². The zero-order valence-electron chi connectivity index (χ0n) is 11.2. The SMILES string of the molecule is O=C1CC(c2ncon2)CN1c1ccc2c(c1)OCCO2. The highest BCUT2D eigenvalue weighted by molar-refractivity contribution is 5.96. The summed E-state index contributed by atoms with van der Waals surface area (Å²) in [5.74, 6) is 1.97. The van der Waals surface area contributed by atoms with Crippen LogP contribution in [0.5, 0.6) is 11.5 Å². The molecule has 4 rings (SSSR count). The summed E-state index contributed by atoms with van der Waals surface area (Å²) < 4.78 is 15.8. The van der Waals surface area contributed by atoms with Gasteiger partial charge in [0, 0.05) is 30.6 Å². The molecule has 1 aromatic heterocycles. The highest BCUT2D eigenvalue weighted by atomic mass is 16.6. The van der Waals surface area contributed by atoms with Crippen molar-refractivity contribution in [3.8, 4) is 11.5 Å². The molecule has 1 unspecified atom stereocenters. The van der Waals surface area contributed by atoms with Crippen LogP contribution < -0.4 is 14.4 Å². The highest BCUT2D eigenvalue weighted by Gasteiger charge is 2.34. The van der Waals surface area contributed by atoms with Gasteiger partial charge in [-0.15, -0.1) is 0 Å². The first-order chi connectivity index (χ1) is 10.3. The Hall–Kier alpha value is -2.57. The van der Waals surface area contributed by atoms with E-state index >= 15 is 0 Å². The predicted molar refractivity (Wildman–Crippen MR) is 71.4 cm³/mol. The first-order valence-electron chi connectivity index (χ1n) is 6.77. The van der Waals surface area contributed by atoms with Gasteiger partial charge in [-0.2, -0.15) is 4.98 Å². The molecule has 2 aromatic rings. The van der Waals surface area contributed by atoms with Crippen LogP contribution in [-0.4, -0.2) is 35.8 Å². The average molecular weight is 287 g/mol. The average Bonchev–Trinajstić information content (AvgIpc) is 3.16. The summed E-state index contributed by atoms with van der Waals surface area (Å²) in [5, 5.41) is 3.82. The molecule has 0 N–H and O–H groups in total. The molecule has 0 radical (unpaired) electrons. The Morgan fingerprint density at radius 2 is 2.05 bits per heavy atom. The minimum atomic E-state index is -0.0375. The number of benzene rings is 1. The lowest BCUT2D eigenvalue weighted by Crippen LogP contribution is -2.25. The fraction of sp³-hybridized carbons (Fsp3) is 0.357. The number of ether oxygens (including phenoxy) is 2. The number of rotatable bonds is 2. The summed E-state index contributed by atoms with van der Waals surface area (Å²) in [6, 6.07) is 5.54. The van der Waals surface area contributed by atoms with E-state index in [1.807, 2.05) is 18.2 Å². The molecular formula is C14H13N3O4. The van der Waals surface area contributed by atoms with Crippen LogP contribution in [0, 0.1) is 0 Å². The van der Waals surface area contributed by atoms with Gasteiger partial charge in [-0.1, -0.05) is 5.16 Å². The van der Waals surface area contributed by atoms with Crippen molar-refractivity contribution in [3.63, 3.8) is 0 Å². The molecule has 7 nitrogen and oxygen atoms in total. The third-order valence-corrected chi connectivity index (χ3v) is 3.71. The largest absolute Gasteiger partial charge is 0.486 e. The quantitative estimate of drug-likeness (QED) is 0.830. The Labute approximate surface area is 120 Å². The maximum Gasteiger partial charge on any atom is 0.227 e. The Morgan fingerprint density at radius 1 is 1.19 bits per heavy atom. The molecule has 1 aromatic carbocycles. The van der Waals surface area contributed by atoms with Crippen molar-refractivity contribution in [1.82, 2.24) is 10.1 Å². The van der Waals surface area contributed by atoms with Crippen molar-refractivity contribution >= 4 is 11.6 Å². The monoisotopic (exact) mass is 287 g/mol. The molecule has 0 aliphatic carbocycles. The number of aromatic nitrogens is 2. The maximum absolute atomic E-state index is 12.2. The number of amides is 1. The van der Waals surface area contributed by atoms with Crippen LogP contribution in [0.3, 0.4) is 0 Å². The van der Waals surface area contributed by atoms with E-state index in [4.69, 9.17) is 14.0 Å². The molecule has 2 aliphatic heterocycles. The first kappa shape index (κ1) is 12.2. The summed E-state index contributed by atoms with van der Waals surface area (Å²) in [6.45, 7) is 1.61. The molecular weight excluding hydrogens is 274 g/mol. The molecule has 1 atom stereocenters. The van der Waals surface area contributed by atoms with E-state index in [2.05, 4.69) is 10.1 Å². The second-order valence-corrected chi connectivity index (χ2v) is 5.02. The molecule has 1 fully saturated rings. The number of nitrogens with zero attached hydrogens (tertiary/aromatic N) is 3. The molecule has 108 valence electrons. The van der Waals surface area contributed by atoms with Crippen LogP contribution in [0.4, 0.5) is 5.69 Å². The van der Waals surface area contributed by atoms with Gasteiger partial charge in [-0.25, -0.2) is 0 Å². The van der Waals surface area contributed by atoms with E-state index in [9.17, 15) is 4.79 Å². The lowest BCUT2D eigenvalue weighted by molar-refractivity contribution is -0.117. The van der Waals surface area contributed by atoms with Crippen molar-refractivity contribution in [2.75, 3.05) is 24.7 Å². The van der Waals surface area contributed by atoms with Crippen LogP contribution in [0.2, 0.25) is 0 Å². The van der Waals surface area contributed by atoms with E-state index < -0.39 is 0 Å². The molecule has 1 amide bonds. The van der Waals surface area contributed by atoms with Gasteiger partial charge in [0.2, 0.25) is 12.3 Å². The molecule has 7 heteroatoms. The van der Waals surface area contributed by atoms with Crippen LogP contribution in [0.15, 0.2) is 29.1 Å². The van der Waals surface area contributed by atoms with Gasteiger partial charge >= 0.3 is 0 Å². The van der Waals surface area contributed by atoms with Gasteiger partial charge in [0.1, 0.15) is 13.2 Å². The Kier molecular flexibility index (Phi) is 2.77. The molecule has 21 heavy (non-hydrogen) atoms. The topological polar surface area (TPSA) is 77.7 Å². The van der Waals surface area contributed by atoms with Gasteiger partial charge < -0.3 is 18.9 Å². The predicted octanol–water partition coefficient (Wildman–Crippen LogP) is 1.36. The third-order valence-electron chi connectivity index (χ3n) is 3.71. The Morgan fingerprint density at radius 3 is 2.86 bits per heavy atom. The summed E-state index contributed by atoms with van der Waals surface area (Å²) in [6.07, 6.45) is 1.67. The van der Waals surface area contributed by atoms with E-state index in [1.165, 1.54) is 6.39 Å². The number of hydrogen-bond donors (Lipinski definition) is 0. The summed E-state index contributed by atoms with van der Waals surface area (Å²) in [4.78, 5) is 18.0. The lowest BCUT2D eigenvalue weighted by atomic mass is 10.1. The standard InChI is InChI=1S/C14H13N3O4/c18-13-5-9(14-15-8-21-16-14)7-17(13)10-1-2-11-12(6-10)20-4-3-19-11/h1-2,6,8-9H,3-5,7H2. The smallest absolute Gasteiger partial charge is 0.227 e. The van der Waals surface area contributed by atoms with Crippen molar-refractivity contribution in [3.05, 3.63) is 30.4 Å². The van der Waals surface area contributed by atoms with E-state index in [1.54, 1.807) is 4.90 Å². The second kappa shape index (κ2) is 4.76. The fourth-order valence-corrected chi connectivity index (χ4v) is 2.69. The molecule has 1 saturated heterocycles. The fourth-order valence-electron chi connectivity index (χ4n) is 2.69. The molecule has 2 aliphatic rings. The molecule has 0 spiro atoms. The third kappa shape index (κ3) is 2.10. The van der Waals surface area contributed by atoms with Gasteiger partial charge in [0.05, 0.1) is 0 Å². The normalized spacial score (nSPS) is 20.9. The van der Waals surface area contributed by atoms with Gasteiger partial charge in [0.15, 0.2) is 17.3 Å². The number of anilines is 1. The van der Waals surface area contributed by atoms with Gasteiger partial charge in [-0.3, -0.25) is 4.79 Å². The Bertz CT molecular complexity index is 671. The summed E-state index contributed by atoms with van der Waals surface area (Å²) >= 11 is 0. The molecule has 0 saturated carbocycles. The summed E-state index contributed by atoms with van der Waals surface area (Å²) in [5.41, 5.74) is 0.801. The van der Waals surface area contributed by atoms with E-state index in [0.717, 1.165) is 5.69 Å². The highest BCUT2D eigenvalue weighted by Crippen LogP contribution is 2.37. The lowest BCUT2D eigenvalue weighted by Gasteiger charge is -2.22. The molecule has 3 heterocycles. The number of carbonyl (C=O) groups is 1.